The molecule has 0 bridgehead atoms. The summed E-state index contributed by atoms with van der Waals surface area (Å²) in [6, 6.07) is 18.8. The molecule has 1 amide bonds. The SMILES string of the molecule is CCOc1ccc(S(=O)(=O)N(Cc2ccc(C(=O)N[C@H]3[C@@H]4CC(C(=O)OC(C)(C)C)C[C@@H]43)cc2)Cc2ccccn2)cc1. The Morgan fingerprint density at radius 2 is 1.63 bits per heavy atom. The first-order valence-electron chi connectivity index (χ1n) is 14.7. The Bertz CT molecular complexity index is 1520. The van der Waals surface area contributed by atoms with Crippen molar-refractivity contribution < 1.29 is 27.5 Å². The van der Waals surface area contributed by atoms with E-state index in [0.29, 0.717) is 35.4 Å². The number of esters is 1. The highest BCUT2D eigenvalue weighted by Crippen LogP contribution is 2.55. The van der Waals surface area contributed by atoms with E-state index >= 15 is 0 Å². The molecule has 0 radical (unpaired) electrons. The third-order valence-electron chi connectivity index (χ3n) is 7.89. The van der Waals surface area contributed by atoms with Gasteiger partial charge in [-0.15, -0.1) is 0 Å². The van der Waals surface area contributed by atoms with E-state index in [1.54, 1.807) is 66.9 Å². The lowest BCUT2D eigenvalue weighted by Gasteiger charge is -2.23. The second kappa shape index (κ2) is 12.5. The van der Waals surface area contributed by atoms with Crippen LogP contribution in [-0.4, -0.2) is 47.8 Å². The average molecular weight is 606 g/mol. The third kappa shape index (κ3) is 7.43. The van der Waals surface area contributed by atoms with Gasteiger partial charge in [-0.25, -0.2) is 8.42 Å². The molecule has 2 saturated carbocycles. The minimum atomic E-state index is -3.87. The van der Waals surface area contributed by atoms with Gasteiger partial charge in [-0.05, 0) is 106 Å². The van der Waals surface area contributed by atoms with E-state index in [9.17, 15) is 18.0 Å². The van der Waals surface area contributed by atoms with E-state index in [2.05, 4.69) is 10.3 Å². The monoisotopic (exact) mass is 605 g/mol. The van der Waals surface area contributed by atoms with E-state index in [0.717, 1.165) is 18.4 Å². The quantitative estimate of drug-likeness (QED) is 0.307. The van der Waals surface area contributed by atoms with Crippen molar-refractivity contribution in [2.24, 2.45) is 17.8 Å². The average Bonchev–Trinajstić information content (AvgIpc) is 3.39. The van der Waals surface area contributed by atoms with Gasteiger partial charge in [-0.2, -0.15) is 4.31 Å². The number of rotatable bonds is 11. The molecule has 2 aliphatic carbocycles. The highest BCUT2D eigenvalue weighted by Gasteiger charge is 2.58. The number of nitrogens with zero attached hydrogens (tertiary/aromatic N) is 2. The number of fused-ring (bicyclic) bond motifs is 1. The van der Waals surface area contributed by atoms with Crippen LogP contribution in [0, 0.1) is 17.8 Å². The van der Waals surface area contributed by atoms with Gasteiger partial charge in [0.1, 0.15) is 11.4 Å². The molecular weight excluding hydrogens is 566 g/mol. The maximum atomic E-state index is 13.7. The summed E-state index contributed by atoms with van der Waals surface area (Å²) in [5.74, 6) is 0.773. The molecule has 1 aromatic heterocycles. The number of sulfonamides is 1. The number of hydrogen-bond acceptors (Lipinski definition) is 7. The van der Waals surface area contributed by atoms with Gasteiger partial charge in [0.2, 0.25) is 10.0 Å². The fourth-order valence-corrected chi connectivity index (χ4v) is 7.15. The highest BCUT2D eigenvalue weighted by atomic mass is 32.2. The second-order valence-corrected chi connectivity index (χ2v) is 14.2. The molecule has 0 saturated heterocycles. The van der Waals surface area contributed by atoms with E-state index < -0.39 is 15.6 Å². The predicted octanol–water partition coefficient (Wildman–Crippen LogP) is 4.97. The van der Waals surface area contributed by atoms with Crippen LogP contribution in [0.15, 0.2) is 77.8 Å². The van der Waals surface area contributed by atoms with Crippen molar-refractivity contribution >= 4 is 21.9 Å². The van der Waals surface area contributed by atoms with Gasteiger partial charge in [-0.1, -0.05) is 18.2 Å². The van der Waals surface area contributed by atoms with E-state index in [4.69, 9.17) is 9.47 Å². The molecule has 2 fully saturated rings. The summed E-state index contributed by atoms with van der Waals surface area (Å²) in [6.07, 6.45) is 3.10. The number of pyridine rings is 1. The summed E-state index contributed by atoms with van der Waals surface area (Å²) in [6.45, 7) is 8.16. The molecule has 3 aromatic rings. The number of nitrogens with one attached hydrogen (secondary N) is 1. The second-order valence-electron chi connectivity index (χ2n) is 12.2. The first-order valence-corrected chi connectivity index (χ1v) is 16.1. The smallest absolute Gasteiger partial charge is 0.309 e. The van der Waals surface area contributed by atoms with Gasteiger partial charge >= 0.3 is 5.97 Å². The summed E-state index contributed by atoms with van der Waals surface area (Å²) in [5, 5.41) is 3.12. The topological polar surface area (TPSA) is 115 Å². The molecule has 0 spiro atoms. The Hall–Kier alpha value is -3.76. The molecule has 2 aliphatic rings. The van der Waals surface area contributed by atoms with Crippen molar-refractivity contribution in [2.75, 3.05) is 6.61 Å². The van der Waals surface area contributed by atoms with Gasteiger partial charge < -0.3 is 14.8 Å². The minimum absolute atomic E-state index is 0.0685. The van der Waals surface area contributed by atoms with Crippen molar-refractivity contribution in [3.8, 4) is 5.75 Å². The lowest BCUT2D eigenvalue weighted by atomic mass is 10.0. The standard InChI is InChI=1S/C33H39N3O6S/c1-5-41-26-13-15-27(16-14-26)43(39,40)36(21-25-8-6-7-17-34-25)20-22-9-11-23(12-10-22)31(37)35-30-28-18-24(19-29(28)30)32(38)42-33(2,3)4/h6-17,24,28-30H,5,18-21H2,1-4H3,(H,35,37)/t24?,28-,29+,30+. The zero-order valence-corrected chi connectivity index (χ0v) is 25.8. The maximum Gasteiger partial charge on any atom is 0.309 e. The van der Waals surface area contributed by atoms with Crippen LogP contribution in [0.25, 0.3) is 0 Å². The van der Waals surface area contributed by atoms with E-state index in [1.165, 1.54) is 4.31 Å². The highest BCUT2D eigenvalue weighted by molar-refractivity contribution is 7.89. The molecule has 228 valence electrons. The maximum absolute atomic E-state index is 13.7. The molecule has 10 heteroatoms. The summed E-state index contributed by atoms with van der Waals surface area (Å²) in [7, 11) is -3.87. The zero-order valence-electron chi connectivity index (χ0n) is 25.0. The Morgan fingerprint density at radius 3 is 2.21 bits per heavy atom. The van der Waals surface area contributed by atoms with E-state index in [-0.39, 0.29) is 41.8 Å². The van der Waals surface area contributed by atoms with Crippen molar-refractivity contribution in [2.45, 2.75) is 70.2 Å². The molecule has 1 heterocycles. The van der Waals surface area contributed by atoms with Crippen LogP contribution in [-0.2, 0) is 32.6 Å². The Balaban J connectivity index is 1.22. The first kappa shape index (κ1) is 30.7. The van der Waals surface area contributed by atoms with Gasteiger partial charge in [0.05, 0.1) is 29.7 Å². The van der Waals surface area contributed by atoms with Crippen LogP contribution in [0.2, 0.25) is 0 Å². The number of benzene rings is 2. The van der Waals surface area contributed by atoms with Crippen molar-refractivity contribution in [3.05, 3.63) is 89.7 Å². The fourth-order valence-electron chi connectivity index (χ4n) is 5.75. The van der Waals surface area contributed by atoms with Crippen molar-refractivity contribution in [1.29, 1.82) is 0 Å². The molecule has 4 atom stereocenters. The lowest BCUT2D eigenvalue weighted by Crippen LogP contribution is -2.32. The van der Waals surface area contributed by atoms with Crippen LogP contribution >= 0.6 is 0 Å². The molecule has 1 unspecified atom stereocenters. The zero-order chi connectivity index (χ0) is 30.8. The van der Waals surface area contributed by atoms with Crippen LogP contribution in [0.4, 0.5) is 0 Å². The molecule has 0 aliphatic heterocycles. The normalized spacial score (nSPS) is 21.2. The molecule has 5 rings (SSSR count). The molecule has 43 heavy (non-hydrogen) atoms. The number of ether oxygens (including phenoxy) is 2. The number of hydrogen-bond donors (Lipinski definition) is 1. The summed E-state index contributed by atoms with van der Waals surface area (Å²) in [4.78, 5) is 29.9. The number of carbonyl (C=O) groups excluding carboxylic acids is 2. The summed E-state index contributed by atoms with van der Waals surface area (Å²) < 4.78 is 39.8. The number of amides is 1. The van der Waals surface area contributed by atoms with Crippen molar-refractivity contribution in [1.82, 2.24) is 14.6 Å². The minimum Gasteiger partial charge on any atom is -0.494 e. The molecule has 2 aromatic carbocycles. The van der Waals surface area contributed by atoms with E-state index in [1.807, 2.05) is 33.8 Å². The Labute approximate surface area is 253 Å². The number of aromatic nitrogens is 1. The lowest BCUT2D eigenvalue weighted by molar-refractivity contribution is -0.160. The fraction of sp³-hybridized carbons (Fsp3) is 0.424. The Kier molecular flexibility index (Phi) is 8.89. The van der Waals surface area contributed by atoms with Gasteiger partial charge in [0, 0.05) is 24.3 Å². The third-order valence-corrected chi connectivity index (χ3v) is 9.70. The van der Waals surface area contributed by atoms with Crippen LogP contribution in [0.3, 0.4) is 0 Å². The Morgan fingerprint density at radius 1 is 0.953 bits per heavy atom. The van der Waals surface area contributed by atoms with Gasteiger partial charge in [-0.3, -0.25) is 14.6 Å². The largest absolute Gasteiger partial charge is 0.494 e. The summed E-state index contributed by atoms with van der Waals surface area (Å²) in [5.41, 5.74) is 1.36. The van der Waals surface area contributed by atoms with Crippen LogP contribution in [0.5, 0.6) is 5.75 Å². The van der Waals surface area contributed by atoms with Crippen molar-refractivity contribution in [3.63, 3.8) is 0 Å². The first-order chi connectivity index (χ1) is 20.4. The van der Waals surface area contributed by atoms with Gasteiger partial charge in [0.25, 0.3) is 5.91 Å². The molecular formula is C33H39N3O6S. The summed E-state index contributed by atoms with van der Waals surface area (Å²) >= 11 is 0. The van der Waals surface area contributed by atoms with Gasteiger partial charge in [0.15, 0.2) is 0 Å². The molecule has 9 nitrogen and oxygen atoms in total. The van der Waals surface area contributed by atoms with Crippen LogP contribution in [0.1, 0.15) is 62.2 Å². The number of carbonyl (C=O) groups is 2. The predicted molar refractivity (Wildman–Crippen MR) is 162 cm³/mol. The van der Waals surface area contributed by atoms with Crippen LogP contribution < -0.4 is 10.1 Å². The molecule has 1 N–H and O–H groups in total.